The van der Waals surface area contributed by atoms with E-state index >= 15 is 0 Å². The monoisotopic (exact) mass is 592 g/mol. The van der Waals surface area contributed by atoms with Gasteiger partial charge >= 0.3 is 33.3 Å². The first kappa shape index (κ1) is 29.4. The summed E-state index contributed by atoms with van der Waals surface area (Å²) in [4.78, 5) is 6.43. The molecule has 0 amide bonds. The summed E-state index contributed by atoms with van der Waals surface area (Å²) >= 11 is 2.08. The molecule has 2 bridgehead atoms. The van der Waals surface area contributed by atoms with Crippen LogP contribution in [0.25, 0.3) is 21.3 Å². The van der Waals surface area contributed by atoms with Crippen LogP contribution in [0.1, 0.15) is 94.9 Å². The zero-order valence-electron chi connectivity index (χ0n) is 21.3. The minimum atomic E-state index is 0.00694. The van der Waals surface area contributed by atoms with Crippen molar-refractivity contribution < 1.29 is 13.1 Å². The minimum Gasteiger partial charge on any atom is -0.662 e. The Balaban J connectivity index is 0.000000967. The van der Waals surface area contributed by atoms with Crippen molar-refractivity contribution in [3.05, 3.63) is 44.8 Å². The summed E-state index contributed by atoms with van der Waals surface area (Å²) < 4.78 is 0. The maximum Gasteiger partial charge on any atom is 0.0212 e. The molecule has 1 aliphatic heterocycles. The fraction of sp³-hybridized carbons (Fsp3) is 0.815. The van der Waals surface area contributed by atoms with Gasteiger partial charge < -0.3 is 21.3 Å². The van der Waals surface area contributed by atoms with Crippen molar-refractivity contribution in [2.24, 2.45) is 0 Å². The Kier molecular flexibility index (Phi) is 13.5. The summed E-state index contributed by atoms with van der Waals surface area (Å²) in [5.74, 6) is 0. The van der Waals surface area contributed by atoms with E-state index in [4.69, 9.17) is 46.4 Å². The van der Waals surface area contributed by atoms with Crippen molar-refractivity contribution in [2.45, 2.75) is 131 Å². The van der Waals surface area contributed by atoms with Gasteiger partial charge in [-0.15, -0.1) is 24.9 Å². The van der Waals surface area contributed by atoms with Gasteiger partial charge in [0.1, 0.15) is 0 Å². The molecule has 3 aliphatic carbocycles. The smallest absolute Gasteiger partial charge is 0.0212 e. The zero-order valence-corrected chi connectivity index (χ0v) is 24.8. The third kappa shape index (κ3) is 9.57. The maximum absolute atomic E-state index is 5.16. The van der Waals surface area contributed by atoms with E-state index in [1.807, 2.05) is 0 Å². The van der Waals surface area contributed by atoms with Crippen LogP contribution in [0.4, 0.5) is 0 Å². The number of fused-ring (bicyclic) bond motifs is 4. The number of rotatable bonds is 2. The van der Waals surface area contributed by atoms with Gasteiger partial charge in [-0.25, -0.2) is 0 Å². The quantitative estimate of drug-likeness (QED) is 0.321. The number of hydrogen-bond donors (Lipinski definition) is 0. The SMILES string of the molecule is [Cl][Mn][Cl].c1c(SC2CCCCC2)cc2nc1C[N-]C1CCCCC1[N-]CC[N-][C@@H]1CCCC[C@H]1[N-]C2. The van der Waals surface area contributed by atoms with E-state index in [0.29, 0.717) is 24.2 Å². The van der Waals surface area contributed by atoms with Gasteiger partial charge in [0.05, 0.1) is 0 Å². The van der Waals surface area contributed by atoms with E-state index in [-0.39, 0.29) is 13.1 Å². The molecule has 9 heteroatoms. The zero-order chi connectivity index (χ0) is 25.0. The summed E-state index contributed by atoms with van der Waals surface area (Å²) in [5, 5.41) is 21.2. The molecule has 36 heavy (non-hydrogen) atoms. The fourth-order valence-corrected chi connectivity index (χ4v) is 7.49. The first-order chi connectivity index (χ1) is 17.7. The van der Waals surface area contributed by atoms with E-state index < -0.39 is 0 Å². The van der Waals surface area contributed by atoms with Crippen LogP contribution in [-0.2, 0) is 26.2 Å². The summed E-state index contributed by atoms with van der Waals surface area (Å²) in [6, 6.07) is 6.11. The second-order valence-corrected chi connectivity index (χ2v) is 13.9. The Hall–Kier alpha value is 0.439. The van der Waals surface area contributed by atoms with E-state index in [9.17, 15) is 0 Å². The van der Waals surface area contributed by atoms with Crippen molar-refractivity contribution in [3.8, 4) is 0 Å². The molecule has 2 unspecified atom stereocenters. The van der Waals surface area contributed by atoms with Gasteiger partial charge in [0.25, 0.3) is 0 Å². The van der Waals surface area contributed by atoms with Crippen molar-refractivity contribution in [2.75, 3.05) is 13.1 Å². The van der Waals surface area contributed by atoms with E-state index in [0.717, 1.165) is 42.8 Å². The summed E-state index contributed by atoms with van der Waals surface area (Å²) in [6.07, 6.45) is 16.7. The predicted octanol–water partition coefficient (Wildman–Crippen LogP) is 9.01. The summed E-state index contributed by atoms with van der Waals surface area (Å²) in [7, 11) is 9.59. The Morgan fingerprint density at radius 3 is 1.53 bits per heavy atom. The summed E-state index contributed by atoms with van der Waals surface area (Å²) in [6.45, 7) is 3.15. The van der Waals surface area contributed by atoms with Gasteiger partial charge in [0, 0.05) is 21.5 Å². The number of nitrogens with zero attached hydrogens (tertiary/aromatic N) is 5. The Morgan fingerprint density at radius 2 is 1.06 bits per heavy atom. The number of pyridine rings is 1. The minimum absolute atomic E-state index is 0.00694. The van der Waals surface area contributed by atoms with Crippen molar-refractivity contribution in [1.29, 1.82) is 0 Å². The number of thioether (sulfide) groups is 1. The molecular weight excluding hydrogens is 552 g/mol. The molecule has 0 N–H and O–H groups in total. The van der Waals surface area contributed by atoms with Crippen LogP contribution in [-0.4, -0.2) is 47.5 Å². The molecule has 5 rings (SSSR count). The number of hydrogen-bond acceptors (Lipinski definition) is 2. The second-order valence-electron chi connectivity index (χ2n) is 10.5. The molecular formula is C27H41Cl2MnN5S-4. The standard InChI is InChI=1S/C27H41N5S.2ClH.Mn/c1-2-8-22(9-3-1)33-23-16-20-18-30-26-12-6-4-10-24(26)28-14-15-29-25-11-5-7-13-27(25)31-19-21(17-23)32-20;;;/h16-17,22,24-27H,1-15,18-19H2;2*1H;/q-4;;;+2/p-2/t24-,25?,26-,27?;;;/m1.../s1. The average molecular weight is 594 g/mol. The molecule has 2 heterocycles. The average Bonchev–Trinajstić information content (AvgIpc) is 2.91. The van der Waals surface area contributed by atoms with Crippen LogP contribution < -0.4 is 0 Å². The molecule has 0 saturated heterocycles. The van der Waals surface area contributed by atoms with Crippen LogP contribution in [0.5, 0.6) is 0 Å². The van der Waals surface area contributed by atoms with E-state index in [2.05, 4.69) is 23.9 Å². The van der Waals surface area contributed by atoms with Gasteiger partial charge in [-0.2, -0.15) is 37.3 Å². The molecule has 4 aliphatic rings. The molecule has 3 fully saturated rings. The third-order valence-corrected chi connectivity index (χ3v) is 9.26. The van der Waals surface area contributed by atoms with Crippen molar-refractivity contribution in [3.63, 3.8) is 0 Å². The van der Waals surface area contributed by atoms with E-state index in [1.54, 1.807) is 0 Å². The van der Waals surface area contributed by atoms with Gasteiger partial charge in [0.15, 0.2) is 0 Å². The van der Waals surface area contributed by atoms with Crippen LogP contribution in [0, 0.1) is 0 Å². The molecule has 5 nitrogen and oxygen atoms in total. The van der Waals surface area contributed by atoms with Crippen molar-refractivity contribution in [1.82, 2.24) is 4.98 Å². The summed E-state index contributed by atoms with van der Waals surface area (Å²) in [5.41, 5.74) is 2.26. The van der Waals surface area contributed by atoms with Crippen LogP contribution in [0.15, 0.2) is 17.0 Å². The Bertz CT molecular complexity index is 721. The topological polar surface area (TPSA) is 69.3 Å². The molecule has 205 valence electrons. The molecule has 0 radical (unpaired) electrons. The van der Waals surface area contributed by atoms with Crippen LogP contribution >= 0.6 is 32.0 Å². The molecule has 0 spiro atoms. The molecule has 1 aromatic heterocycles. The predicted molar refractivity (Wildman–Crippen MR) is 151 cm³/mol. The normalized spacial score (nSPS) is 30.5. The maximum atomic E-state index is 5.16. The molecule has 4 atom stereocenters. The largest absolute Gasteiger partial charge is 0.662 e. The third-order valence-electron chi connectivity index (χ3n) is 7.95. The first-order valence-corrected chi connectivity index (χ1v) is 18.1. The van der Waals surface area contributed by atoms with Gasteiger partial charge in [0.2, 0.25) is 0 Å². The molecule has 3 saturated carbocycles. The van der Waals surface area contributed by atoms with Crippen LogP contribution in [0.2, 0.25) is 0 Å². The Labute approximate surface area is 237 Å². The fourth-order valence-electron chi connectivity index (χ4n) is 6.13. The van der Waals surface area contributed by atoms with Gasteiger partial charge in [-0.05, 0) is 25.0 Å². The molecule has 1 aromatic rings. The van der Waals surface area contributed by atoms with Crippen molar-refractivity contribution >= 4 is 32.0 Å². The van der Waals surface area contributed by atoms with Gasteiger partial charge in [-0.3, -0.25) is 4.98 Å². The Morgan fingerprint density at radius 1 is 0.639 bits per heavy atom. The van der Waals surface area contributed by atoms with E-state index in [1.165, 1.54) is 88.4 Å². The van der Waals surface area contributed by atoms with Gasteiger partial charge in [-0.1, -0.05) is 70.6 Å². The first-order valence-electron chi connectivity index (χ1n) is 13.9. The number of halogens is 2. The molecule has 0 aromatic carbocycles. The second kappa shape index (κ2) is 16.5. The number of aromatic nitrogens is 1. The van der Waals surface area contributed by atoms with Crippen LogP contribution in [0.3, 0.4) is 0 Å².